The van der Waals surface area contributed by atoms with Gasteiger partial charge in [-0.2, -0.15) is 4.98 Å². The Morgan fingerprint density at radius 2 is 1.95 bits per heavy atom. The molecule has 0 aliphatic heterocycles. The highest BCUT2D eigenvalue weighted by Gasteiger charge is 2.10. The normalized spacial score (nSPS) is 10.8. The lowest BCUT2D eigenvalue weighted by Gasteiger charge is -2.09. The van der Waals surface area contributed by atoms with Crippen LogP contribution in [0.25, 0.3) is 5.65 Å². The molecule has 0 fully saturated rings. The summed E-state index contributed by atoms with van der Waals surface area (Å²) in [6, 6.07) is 4.89. The van der Waals surface area contributed by atoms with Gasteiger partial charge in [-0.15, -0.1) is 0 Å². The van der Waals surface area contributed by atoms with E-state index in [1.54, 1.807) is 41.2 Å². The number of ether oxygens (including phenoxy) is 1. The fourth-order valence-electron chi connectivity index (χ4n) is 1.74. The molecule has 8 heteroatoms. The molecule has 0 aliphatic rings. The van der Waals surface area contributed by atoms with Gasteiger partial charge in [-0.05, 0) is 18.2 Å². The first-order valence-electron chi connectivity index (χ1n) is 5.60. The third-order valence-electron chi connectivity index (χ3n) is 2.54. The minimum atomic E-state index is 0.295. The number of nitrogen functional groups attached to an aromatic ring is 1. The van der Waals surface area contributed by atoms with E-state index in [-0.39, 0.29) is 0 Å². The predicted octanol–water partition coefficient (Wildman–Crippen LogP) is 3.11. The minimum absolute atomic E-state index is 0.295. The van der Waals surface area contributed by atoms with Gasteiger partial charge < -0.3 is 10.2 Å². The Labute approximate surface area is 124 Å². The first-order valence-corrected chi connectivity index (χ1v) is 6.35. The zero-order valence-corrected chi connectivity index (χ0v) is 11.6. The molecule has 0 unspecified atom stereocenters. The summed E-state index contributed by atoms with van der Waals surface area (Å²) in [5.74, 6) is 6.58. The zero-order valence-electron chi connectivity index (χ0n) is 10.0. The zero-order chi connectivity index (χ0) is 14.1. The van der Waals surface area contributed by atoms with Crippen molar-refractivity contribution in [1.82, 2.24) is 14.4 Å². The Balaban J connectivity index is 2.07. The van der Waals surface area contributed by atoms with Crippen molar-refractivity contribution in [2.45, 2.75) is 0 Å². The summed E-state index contributed by atoms with van der Waals surface area (Å²) >= 11 is 11.9. The van der Waals surface area contributed by atoms with Crippen molar-refractivity contribution in [3.63, 3.8) is 0 Å². The number of hydrogen-bond acceptors (Lipinski definition) is 5. The number of fused-ring (bicyclic) bond motifs is 1. The van der Waals surface area contributed by atoms with Crippen molar-refractivity contribution in [3.05, 3.63) is 46.8 Å². The number of benzene rings is 1. The van der Waals surface area contributed by atoms with Gasteiger partial charge in [0.25, 0.3) is 5.88 Å². The Hall–Kier alpha value is -2.02. The van der Waals surface area contributed by atoms with E-state index in [9.17, 15) is 0 Å². The molecule has 2 aromatic heterocycles. The summed E-state index contributed by atoms with van der Waals surface area (Å²) in [6.07, 6.45) is 5.09. The lowest BCUT2D eigenvalue weighted by Crippen LogP contribution is -2.10. The first-order chi connectivity index (χ1) is 9.65. The van der Waals surface area contributed by atoms with E-state index in [0.717, 1.165) is 0 Å². The van der Waals surface area contributed by atoms with Crippen molar-refractivity contribution in [1.29, 1.82) is 0 Å². The molecule has 0 bridgehead atoms. The number of nitrogens with one attached hydrogen (secondary N) is 1. The average molecular weight is 310 g/mol. The van der Waals surface area contributed by atoms with E-state index in [1.165, 1.54) is 0 Å². The van der Waals surface area contributed by atoms with Crippen LogP contribution >= 0.6 is 23.2 Å². The van der Waals surface area contributed by atoms with E-state index in [2.05, 4.69) is 15.4 Å². The fourth-order valence-corrected chi connectivity index (χ4v) is 2.25. The fraction of sp³-hybridized carbons (Fsp3) is 0. The number of aromatic nitrogens is 3. The highest BCUT2D eigenvalue weighted by molar-refractivity contribution is 6.34. The summed E-state index contributed by atoms with van der Waals surface area (Å²) in [5.41, 5.74) is 3.02. The van der Waals surface area contributed by atoms with E-state index >= 15 is 0 Å². The Morgan fingerprint density at radius 1 is 1.20 bits per heavy atom. The maximum atomic E-state index is 5.93. The molecule has 0 amide bonds. The molecule has 0 atom stereocenters. The van der Waals surface area contributed by atoms with Crippen LogP contribution in [0.1, 0.15) is 0 Å². The van der Waals surface area contributed by atoms with E-state index in [1.807, 2.05) is 0 Å². The second kappa shape index (κ2) is 5.16. The van der Waals surface area contributed by atoms with Crippen LogP contribution in [0.3, 0.4) is 0 Å². The van der Waals surface area contributed by atoms with Gasteiger partial charge in [0.1, 0.15) is 5.75 Å². The topological polar surface area (TPSA) is 77.5 Å². The van der Waals surface area contributed by atoms with Crippen molar-refractivity contribution < 1.29 is 4.74 Å². The van der Waals surface area contributed by atoms with Gasteiger partial charge in [0.05, 0.1) is 6.20 Å². The molecule has 3 N–H and O–H groups in total. The van der Waals surface area contributed by atoms with E-state index in [0.29, 0.717) is 33.1 Å². The third kappa shape index (κ3) is 2.49. The van der Waals surface area contributed by atoms with Gasteiger partial charge in [0.15, 0.2) is 5.82 Å². The van der Waals surface area contributed by atoms with Crippen LogP contribution in [0.4, 0.5) is 5.82 Å². The quantitative estimate of drug-likeness (QED) is 0.574. The Morgan fingerprint density at radius 3 is 2.65 bits per heavy atom. The van der Waals surface area contributed by atoms with Crippen molar-refractivity contribution in [2.75, 3.05) is 5.43 Å². The van der Waals surface area contributed by atoms with Crippen LogP contribution < -0.4 is 16.0 Å². The molecule has 102 valence electrons. The largest absolute Gasteiger partial charge is 0.436 e. The van der Waals surface area contributed by atoms with Crippen molar-refractivity contribution in [2.24, 2.45) is 5.84 Å². The SMILES string of the molecule is NNc1cn2ccnc2c(Oc2cc(Cl)cc(Cl)c2)n1. The molecule has 1 aromatic carbocycles. The second-order valence-electron chi connectivity index (χ2n) is 3.94. The molecular weight excluding hydrogens is 301 g/mol. The van der Waals surface area contributed by atoms with Gasteiger partial charge in [0, 0.05) is 22.4 Å². The highest BCUT2D eigenvalue weighted by atomic mass is 35.5. The molecule has 0 spiro atoms. The molecule has 3 rings (SSSR count). The smallest absolute Gasteiger partial charge is 0.265 e. The molecular formula is C12H9Cl2N5O. The van der Waals surface area contributed by atoms with Gasteiger partial charge in [0.2, 0.25) is 5.65 Å². The maximum absolute atomic E-state index is 5.93. The van der Waals surface area contributed by atoms with Gasteiger partial charge in [-0.25, -0.2) is 10.8 Å². The third-order valence-corrected chi connectivity index (χ3v) is 2.98. The second-order valence-corrected chi connectivity index (χ2v) is 4.81. The molecule has 6 nitrogen and oxygen atoms in total. The van der Waals surface area contributed by atoms with Crippen LogP contribution in [0.2, 0.25) is 10.0 Å². The lowest BCUT2D eigenvalue weighted by molar-refractivity contribution is 0.466. The number of hydrazine groups is 1. The van der Waals surface area contributed by atoms with E-state index in [4.69, 9.17) is 33.8 Å². The van der Waals surface area contributed by atoms with Crippen LogP contribution in [-0.4, -0.2) is 14.4 Å². The summed E-state index contributed by atoms with van der Waals surface area (Å²) in [5, 5.41) is 0.944. The molecule has 0 saturated carbocycles. The van der Waals surface area contributed by atoms with Crippen LogP contribution in [-0.2, 0) is 0 Å². The molecule has 0 aliphatic carbocycles. The molecule has 0 radical (unpaired) electrons. The first kappa shape index (κ1) is 13.0. The Kier molecular flexibility index (Phi) is 3.35. The van der Waals surface area contributed by atoms with Gasteiger partial charge in [-0.3, -0.25) is 4.40 Å². The molecule has 20 heavy (non-hydrogen) atoms. The number of imidazole rings is 1. The van der Waals surface area contributed by atoms with Crippen LogP contribution in [0.15, 0.2) is 36.8 Å². The number of anilines is 1. The Bertz CT molecular complexity index is 753. The number of hydrogen-bond donors (Lipinski definition) is 2. The number of nitrogens with zero attached hydrogens (tertiary/aromatic N) is 3. The monoisotopic (exact) mass is 309 g/mol. The summed E-state index contributed by atoms with van der Waals surface area (Å²) in [7, 11) is 0. The summed E-state index contributed by atoms with van der Waals surface area (Å²) in [4.78, 5) is 8.39. The van der Waals surface area contributed by atoms with Crippen LogP contribution in [0, 0.1) is 0 Å². The standard InChI is InChI=1S/C12H9Cl2N5O/c13-7-3-8(14)5-9(4-7)20-12-11-16-1-2-19(11)6-10(17-12)18-15/h1-6,18H,15H2. The van der Waals surface area contributed by atoms with E-state index < -0.39 is 0 Å². The van der Waals surface area contributed by atoms with Gasteiger partial charge >= 0.3 is 0 Å². The summed E-state index contributed by atoms with van der Waals surface area (Å²) in [6.45, 7) is 0. The maximum Gasteiger partial charge on any atom is 0.265 e. The average Bonchev–Trinajstić information content (AvgIpc) is 2.85. The van der Waals surface area contributed by atoms with Gasteiger partial charge in [-0.1, -0.05) is 23.2 Å². The molecule has 2 heterocycles. The van der Waals surface area contributed by atoms with Crippen LogP contribution in [0.5, 0.6) is 11.6 Å². The minimum Gasteiger partial charge on any atom is -0.436 e. The molecule has 3 aromatic rings. The van der Waals surface area contributed by atoms with Crippen molar-refractivity contribution >= 4 is 34.7 Å². The number of rotatable bonds is 3. The van der Waals surface area contributed by atoms with Crippen molar-refractivity contribution in [3.8, 4) is 11.6 Å². The molecule has 0 saturated heterocycles. The predicted molar refractivity (Wildman–Crippen MR) is 77.3 cm³/mol. The number of halogens is 2. The summed E-state index contributed by atoms with van der Waals surface area (Å²) < 4.78 is 7.43. The highest BCUT2D eigenvalue weighted by Crippen LogP contribution is 2.29. The lowest BCUT2D eigenvalue weighted by atomic mass is 10.3. The number of nitrogens with two attached hydrogens (primary N) is 1.